The molecule has 0 bridgehead atoms. The molecule has 4 nitrogen and oxygen atoms in total. The Bertz CT molecular complexity index is 503. The van der Waals surface area contributed by atoms with Gasteiger partial charge in [0, 0.05) is 69.9 Å². The SMILES string of the molecule is COC[C@@H]1CN(CC2CC2)C[C@]12CCN(C(=O)C1CC(F)(F)C1)C2. The molecule has 0 aromatic heterocycles. The van der Waals surface area contributed by atoms with Crippen LogP contribution in [0.3, 0.4) is 0 Å². The molecule has 4 aliphatic rings. The van der Waals surface area contributed by atoms with Crippen LogP contribution in [-0.4, -0.2) is 68.1 Å². The van der Waals surface area contributed by atoms with Crippen LogP contribution >= 0.6 is 0 Å². The number of carbonyl (C=O) groups is 1. The fourth-order valence-corrected chi connectivity index (χ4v) is 5.02. The van der Waals surface area contributed by atoms with E-state index in [9.17, 15) is 13.6 Å². The molecule has 1 amide bonds. The average molecular weight is 342 g/mol. The minimum Gasteiger partial charge on any atom is -0.384 e. The lowest BCUT2D eigenvalue weighted by atomic mass is 9.77. The number of nitrogens with zero attached hydrogens (tertiary/aromatic N) is 2. The molecule has 0 aromatic carbocycles. The van der Waals surface area contributed by atoms with E-state index in [1.807, 2.05) is 4.90 Å². The Hall–Kier alpha value is -0.750. The van der Waals surface area contributed by atoms with Gasteiger partial charge in [0.25, 0.3) is 0 Å². The van der Waals surface area contributed by atoms with E-state index in [4.69, 9.17) is 4.74 Å². The van der Waals surface area contributed by atoms with Gasteiger partial charge in [-0.3, -0.25) is 4.79 Å². The summed E-state index contributed by atoms with van der Waals surface area (Å²) in [5, 5.41) is 0. The van der Waals surface area contributed by atoms with E-state index in [1.54, 1.807) is 7.11 Å². The van der Waals surface area contributed by atoms with Gasteiger partial charge in [-0.2, -0.15) is 0 Å². The largest absolute Gasteiger partial charge is 0.384 e. The second kappa shape index (κ2) is 5.90. The van der Waals surface area contributed by atoms with Crippen LogP contribution in [0.1, 0.15) is 32.1 Å². The summed E-state index contributed by atoms with van der Waals surface area (Å²) in [6, 6.07) is 0. The number of methoxy groups -OCH3 is 1. The van der Waals surface area contributed by atoms with Crippen LogP contribution in [-0.2, 0) is 9.53 Å². The van der Waals surface area contributed by atoms with Crippen molar-refractivity contribution in [2.45, 2.75) is 38.0 Å². The molecular weight excluding hydrogens is 314 g/mol. The monoisotopic (exact) mass is 342 g/mol. The van der Waals surface area contributed by atoms with E-state index in [0.29, 0.717) is 5.92 Å². The highest BCUT2D eigenvalue weighted by molar-refractivity contribution is 5.80. The Balaban J connectivity index is 1.39. The minimum atomic E-state index is -2.62. The fraction of sp³-hybridized carbons (Fsp3) is 0.944. The topological polar surface area (TPSA) is 32.8 Å². The second-order valence-corrected chi connectivity index (χ2v) is 8.62. The maximum Gasteiger partial charge on any atom is 0.249 e. The third-order valence-corrected chi connectivity index (χ3v) is 6.60. The smallest absolute Gasteiger partial charge is 0.249 e. The predicted molar refractivity (Wildman–Crippen MR) is 85.8 cm³/mol. The molecule has 136 valence electrons. The molecule has 0 N–H and O–H groups in total. The number of ether oxygens (including phenoxy) is 1. The van der Waals surface area contributed by atoms with E-state index in [2.05, 4.69) is 4.90 Å². The molecule has 4 fully saturated rings. The highest BCUT2D eigenvalue weighted by Crippen LogP contribution is 2.48. The van der Waals surface area contributed by atoms with E-state index in [0.717, 1.165) is 45.1 Å². The van der Waals surface area contributed by atoms with Gasteiger partial charge in [0.15, 0.2) is 0 Å². The molecule has 2 saturated carbocycles. The van der Waals surface area contributed by atoms with Crippen LogP contribution < -0.4 is 0 Å². The average Bonchev–Trinajstić information content (AvgIpc) is 3.11. The van der Waals surface area contributed by atoms with Crippen LogP contribution in [0.4, 0.5) is 8.78 Å². The van der Waals surface area contributed by atoms with Gasteiger partial charge in [0.05, 0.1) is 6.61 Å². The molecule has 6 heteroatoms. The van der Waals surface area contributed by atoms with Crippen molar-refractivity contribution in [2.24, 2.45) is 23.2 Å². The number of hydrogen-bond acceptors (Lipinski definition) is 3. The van der Waals surface area contributed by atoms with Crippen LogP contribution in [0.2, 0.25) is 0 Å². The molecule has 2 heterocycles. The Labute approximate surface area is 142 Å². The Morgan fingerprint density at radius 1 is 1.25 bits per heavy atom. The molecule has 2 aliphatic heterocycles. The van der Waals surface area contributed by atoms with Gasteiger partial charge in [-0.25, -0.2) is 8.78 Å². The molecule has 2 aliphatic carbocycles. The van der Waals surface area contributed by atoms with Crippen LogP contribution in [0.15, 0.2) is 0 Å². The highest BCUT2D eigenvalue weighted by atomic mass is 19.3. The first-order chi connectivity index (χ1) is 11.4. The second-order valence-electron chi connectivity index (χ2n) is 8.62. The summed E-state index contributed by atoms with van der Waals surface area (Å²) in [7, 11) is 1.74. The van der Waals surface area contributed by atoms with E-state index in [-0.39, 0.29) is 24.2 Å². The molecule has 0 radical (unpaired) electrons. The van der Waals surface area contributed by atoms with Crippen molar-refractivity contribution in [1.82, 2.24) is 9.80 Å². The highest BCUT2D eigenvalue weighted by Gasteiger charge is 2.55. The summed E-state index contributed by atoms with van der Waals surface area (Å²) in [4.78, 5) is 16.9. The summed E-state index contributed by atoms with van der Waals surface area (Å²) < 4.78 is 31.6. The van der Waals surface area contributed by atoms with Crippen molar-refractivity contribution in [3.05, 3.63) is 0 Å². The van der Waals surface area contributed by atoms with E-state index < -0.39 is 11.8 Å². The van der Waals surface area contributed by atoms with Crippen LogP contribution in [0.5, 0.6) is 0 Å². The Kier molecular flexibility index (Phi) is 4.11. The lowest BCUT2D eigenvalue weighted by molar-refractivity contribution is -0.159. The van der Waals surface area contributed by atoms with Gasteiger partial charge in [0.2, 0.25) is 11.8 Å². The zero-order valence-electron chi connectivity index (χ0n) is 14.5. The standard InChI is InChI=1S/C18H28F2N2O2/c1-24-10-15-9-21(8-13-2-3-13)11-17(15)4-5-22(12-17)16(23)14-6-18(19,20)7-14/h13-15H,2-12H2,1H3/t15-,17-/m0/s1. The summed E-state index contributed by atoms with van der Waals surface area (Å²) in [5.41, 5.74) is 0.104. The zero-order chi connectivity index (χ0) is 16.9. The summed E-state index contributed by atoms with van der Waals surface area (Å²) in [6.07, 6.45) is 3.16. The van der Waals surface area contributed by atoms with Gasteiger partial charge in [-0.1, -0.05) is 0 Å². The van der Waals surface area contributed by atoms with Crippen molar-refractivity contribution < 1.29 is 18.3 Å². The molecule has 0 aromatic rings. The quantitative estimate of drug-likeness (QED) is 0.768. The van der Waals surface area contributed by atoms with E-state index >= 15 is 0 Å². The number of hydrogen-bond donors (Lipinski definition) is 0. The lowest BCUT2D eigenvalue weighted by Crippen LogP contribution is -2.47. The molecular formula is C18H28F2N2O2. The van der Waals surface area contributed by atoms with Crippen molar-refractivity contribution >= 4 is 5.91 Å². The Morgan fingerprint density at radius 2 is 2.00 bits per heavy atom. The van der Waals surface area contributed by atoms with Crippen molar-refractivity contribution in [1.29, 1.82) is 0 Å². The summed E-state index contributed by atoms with van der Waals surface area (Å²) in [5.74, 6) is -1.82. The molecule has 0 unspecified atom stereocenters. The number of rotatable bonds is 5. The number of halogens is 2. The van der Waals surface area contributed by atoms with Gasteiger partial charge in [-0.05, 0) is 25.2 Å². The predicted octanol–water partition coefficient (Wildman–Crippen LogP) is 2.24. The van der Waals surface area contributed by atoms with Crippen molar-refractivity contribution in [2.75, 3.05) is 46.4 Å². The van der Waals surface area contributed by atoms with Gasteiger partial charge in [0.1, 0.15) is 0 Å². The van der Waals surface area contributed by atoms with Gasteiger partial charge < -0.3 is 14.5 Å². The van der Waals surface area contributed by atoms with Gasteiger partial charge in [-0.15, -0.1) is 0 Å². The third-order valence-electron chi connectivity index (χ3n) is 6.60. The van der Waals surface area contributed by atoms with Crippen molar-refractivity contribution in [3.63, 3.8) is 0 Å². The first kappa shape index (κ1) is 16.7. The number of likely N-dealkylation sites (tertiary alicyclic amines) is 2. The van der Waals surface area contributed by atoms with Gasteiger partial charge >= 0.3 is 0 Å². The normalized spacial score (nSPS) is 36.5. The summed E-state index contributed by atoms with van der Waals surface area (Å²) >= 11 is 0. The van der Waals surface area contributed by atoms with Crippen LogP contribution in [0, 0.1) is 23.2 Å². The fourth-order valence-electron chi connectivity index (χ4n) is 5.02. The third kappa shape index (κ3) is 3.07. The number of alkyl halides is 2. The van der Waals surface area contributed by atoms with Crippen molar-refractivity contribution in [3.8, 4) is 0 Å². The zero-order valence-corrected chi connectivity index (χ0v) is 14.5. The summed E-state index contributed by atoms with van der Waals surface area (Å²) in [6.45, 7) is 5.42. The molecule has 24 heavy (non-hydrogen) atoms. The minimum absolute atomic E-state index is 0.0467. The molecule has 1 spiro atoms. The molecule has 4 rings (SSSR count). The Morgan fingerprint density at radius 3 is 2.62 bits per heavy atom. The first-order valence-electron chi connectivity index (χ1n) is 9.29. The first-order valence-corrected chi connectivity index (χ1v) is 9.29. The molecule has 2 saturated heterocycles. The molecule has 2 atom stereocenters. The number of carbonyl (C=O) groups excluding carboxylic acids is 1. The lowest BCUT2D eigenvalue weighted by Gasteiger charge is -2.37. The number of amides is 1. The maximum absolute atomic E-state index is 13.1. The van der Waals surface area contributed by atoms with Crippen LogP contribution in [0.25, 0.3) is 0 Å². The van der Waals surface area contributed by atoms with E-state index in [1.165, 1.54) is 19.4 Å². The maximum atomic E-state index is 13.1.